The van der Waals surface area contributed by atoms with Crippen LogP contribution in [0.4, 0.5) is 0 Å². The highest BCUT2D eigenvalue weighted by Crippen LogP contribution is 2.25. The maximum Gasteiger partial charge on any atom is 0.252 e. The fourth-order valence-electron chi connectivity index (χ4n) is 3.18. The second-order valence-electron chi connectivity index (χ2n) is 6.45. The minimum absolute atomic E-state index is 0. The molecule has 0 aromatic carbocycles. The van der Waals surface area contributed by atoms with Gasteiger partial charge in [0.15, 0.2) is 5.96 Å². The number of thiophene rings is 1. The zero-order valence-corrected chi connectivity index (χ0v) is 20.5. The summed E-state index contributed by atoms with van der Waals surface area (Å²) < 4.78 is 27.0. The molecular weight excluding hydrogens is 495 g/mol. The molecule has 0 amide bonds. The van der Waals surface area contributed by atoms with Gasteiger partial charge in [0.05, 0.1) is 0 Å². The number of nitrogens with zero attached hydrogens (tertiary/aromatic N) is 2. The van der Waals surface area contributed by atoms with Crippen LogP contribution in [0.15, 0.2) is 21.3 Å². The van der Waals surface area contributed by atoms with Gasteiger partial charge in [0.1, 0.15) is 4.21 Å². The molecule has 1 aromatic rings. The van der Waals surface area contributed by atoms with Gasteiger partial charge in [-0.3, -0.25) is 4.99 Å². The first kappa shape index (κ1) is 24.6. The Balaban J connectivity index is 0.00000364. The van der Waals surface area contributed by atoms with Crippen molar-refractivity contribution < 1.29 is 8.42 Å². The van der Waals surface area contributed by atoms with E-state index in [1.807, 2.05) is 19.9 Å². The van der Waals surface area contributed by atoms with Crippen LogP contribution in [0.3, 0.4) is 0 Å². The van der Waals surface area contributed by atoms with Crippen molar-refractivity contribution in [1.82, 2.24) is 14.9 Å². The number of halogens is 1. The van der Waals surface area contributed by atoms with Gasteiger partial charge in [0.25, 0.3) is 10.0 Å². The monoisotopic (exact) mass is 528 g/mol. The molecule has 0 saturated heterocycles. The number of hydrogen-bond acceptors (Lipinski definition) is 4. The standard InChI is InChI=1S/C18H32N4O2S2.HI/c1-4-19-18(21-15-9-7-8-10-15)20-14-13-16-11-12-17(25-16)26(23,24)22(5-2)6-3;/h11-12,15H,4-10,13-14H2,1-3H3,(H2,19,20,21);1H. The molecule has 0 radical (unpaired) electrons. The molecule has 0 bridgehead atoms. The van der Waals surface area contributed by atoms with Gasteiger partial charge in [-0.1, -0.05) is 26.7 Å². The van der Waals surface area contributed by atoms with Gasteiger partial charge in [0, 0.05) is 43.5 Å². The second-order valence-corrected chi connectivity index (χ2v) is 9.78. The molecule has 1 fully saturated rings. The van der Waals surface area contributed by atoms with E-state index in [4.69, 9.17) is 0 Å². The van der Waals surface area contributed by atoms with Gasteiger partial charge in [0.2, 0.25) is 0 Å². The van der Waals surface area contributed by atoms with E-state index in [2.05, 4.69) is 22.5 Å². The molecule has 0 spiro atoms. The number of rotatable bonds is 9. The molecule has 1 aromatic heterocycles. The summed E-state index contributed by atoms with van der Waals surface area (Å²) in [6.45, 7) is 8.27. The van der Waals surface area contributed by atoms with Gasteiger partial charge >= 0.3 is 0 Å². The van der Waals surface area contributed by atoms with Crippen molar-refractivity contribution >= 4 is 51.3 Å². The smallest absolute Gasteiger partial charge is 0.252 e. The topological polar surface area (TPSA) is 73.8 Å². The van der Waals surface area contributed by atoms with E-state index in [0.29, 0.717) is 29.9 Å². The Morgan fingerprint density at radius 3 is 2.48 bits per heavy atom. The Morgan fingerprint density at radius 1 is 1.22 bits per heavy atom. The predicted molar refractivity (Wildman–Crippen MR) is 125 cm³/mol. The molecular formula is C18H33IN4O2S2. The van der Waals surface area contributed by atoms with Gasteiger partial charge in [-0.15, -0.1) is 35.3 Å². The van der Waals surface area contributed by atoms with Gasteiger partial charge in [-0.25, -0.2) is 8.42 Å². The van der Waals surface area contributed by atoms with E-state index in [9.17, 15) is 8.42 Å². The van der Waals surface area contributed by atoms with Crippen molar-refractivity contribution in [2.45, 2.75) is 63.1 Å². The molecule has 9 heteroatoms. The molecule has 6 nitrogen and oxygen atoms in total. The second kappa shape index (κ2) is 12.2. The predicted octanol–water partition coefficient (Wildman–Crippen LogP) is 3.44. The highest BCUT2D eigenvalue weighted by atomic mass is 127. The third-order valence-corrected chi connectivity index (χ3v) is 8.27. The molecule has 0 unspecified atom stereocenters. The van der Waals surface area contributed by atoms with E-state index < -0.39 is 10.0 Å². The minimum atomic E-state index is -3.35. The third kappa shape index (κ3) is 7.17. The van der Waals surface area contributed by atoms with Crippen LogP contribution < -0.4 is 10.6 Å². The summed E-state index contributed by atoms with van der Waals surface area (Å²) in [5.41, 5.74) is 0. The Hall–Kier alpha value is -0.390. The summed E-state index contributed by atoms with van der Waals surface area (Å²) in [7, 11) is -3.35. The molecule has 1 aliphatic carbocycles. The average Bonchev–Trinajstić information content (AvgIpc) is 3.28. The third-order valence-electron chi connectivity index (χ3n) is 4.60. The van der Waals surface area contributed by atoms with Gasteiger partial charge in [-0.2, -0.15) is 4.31 Å². The molecule has 156 valence electrons. The summed E-state index contributed by atoms with van der Waals surface area (Å²) in [6.07, 6.45) is 5.75. The largest absolute Gasteiger partial charge is 0.357 e. The first-order chi connectivity index (χ1) is 12.5. The molecule has 27 heavy (non-hydrogen) atoms. The first-order valence-corrected chi connectivity index (χ1v) is 11.9. The van der Waals surface area contributed by atoms with E-state index in [-0.39, 0.29) is 24.0 Å². The maximum absolute atomic E-state index is 12.6. The van der Waals surface area contributed by atoms with Gasteiger partial charge in [-0.05, 0) is 31.9 Å². The van der Waals surface area contributed by atoms with Crippen LogP contribution in [-0.4, -0.2) is 50.9 Å². The minimum Gasteiger partial charge on any atom is -0.357 e. The first-order valence-electron chi connectivity index (χ1n) is 9.64. The molecule has 1 saturated carbocycles. The van der Waals surface area contributed by atoms with Crippen molar-refractivity contribution in [1.29, 1.82) is 0 Å². The maximum atomic E-state index is 12.6. The number of guanidine groups is 1. The van der Waals surface area contributed by atoms with Crippen LogP contribution in [0, 0.1) is 0 Å². The van der Waals surface area contributed by atoms with Crippen LogP contribution in [0.1, 0.15) is 51.3 Å². The lowest BCUT2D eigenvalue weighted by atomic mass is 10.2. The summed E-state index contributed by atoms with van der Waals surface area (Å²) in [5.74, 6) is 0.868. The van der Waals surface area contributed by atoms with E-state index in [1.165, 1.54) is 41.3 Å². The fourth-order valence-corrected chi connectivity index (χ4v) is 6.14. The van der Waals surface area contributed by atoms with Crippen molar-refractivity contribution in [2.75, 3.05) is 26.2 Å². The molecule has 0 aliphatic heterocycles. The summed E-state index contributed by atoms with van der Waals surface area (Å²) in [5, 5.41) is 6.80. The highest BCUT2D eigenvalue weighted by molar-refractivity contribution is 14.0. The zero-order chi connectivity index (χ0) is 19.0. The number of sulfonamides is 1. The Labute approximate surface area is 185 Å². The average molecular weight is 529 g/mol. The number of nitrogens with one attached hydrogen (secondary N) is 2. The number of hydrogen-bond donors (Lipinski definition) is 2. The van der Waals surface area contributed by atoms with Crippen molar-refractivity contribution in [3.63, 3.8) is 0 Å². The normalized spacial score (nSPS) is 15.8. The van der Waals surface area contributed by atoms with E-state index in [1.54, 1.807) is 6.07 Å². The van der Waals surface area contributed by atoms with Crippen LogP contribution >= 0.6 is 35.3 Å². The summed E-state index contributed by atoms with van der Waals surface area (Å²) in [6, 6.07) is 4.16. The summed E-state index contributed by atoms with van der Waals surface area (Å²) in [4.78, 5) is 5.70. The quantitative estimate of drug-likeness (QED) is 0.293. The van der Waals surface area contributed by atoms with Crippen LogP contribution in [-0.2, 0) is 16.4 Å². The fraction of sp³-hybridized carbons (Fsp3) is 0.722. The SMILES string of the molecule is CCNC(=NCCc1ccc(S(=O)(=O)N(CC)CC)s1)NC1CCCC1.I. The molecule has 1 aliphatic rings. The Bertz CT molecular complexity index is 681. The van der Waals surface area contributed by atoms with Gasteiger partial charge < -0.3 is 10.6 Å². The van der Waals surface area contributed by atoms with E-state index >= 15 is 0 Å². The lowest BCUT2D eigenvalue weighted by molar-refractivity contribution is 0.447. The Kier molecular flexibility index (Phi) is 11.2. The highest BCUT2D eigenvalue weighted by Gasteiger charge is 2.23. The van der Waals surface area contributed by atoms with Crippen LogP contribution in [0.5, 0.6) is 0 Å². The zero-order valence-electron chi connectivity index (χ0n) is 16.5. The van der Waals surface area contributed by atoms with Crippen LogP contribution in [0.2, 0.25) is 0 Å². The van der Waals surface area contributed by atoms with Crippen molar-refractivity contribution in [3.05, 3.63) is 17.0 Å². The summed E-state index contributed by atoms with van der Waals surface area (Å²) >= 11 is 1.36. The lowest BCUT2D eigenvalue weighted by Crippen LogP contribution is -2.42. The Morgan fingerprint density at radius 2 is 1.89 bits per heavy atom. The molecule has 2 N–H and O–H groups in total. The van der Waals surface area contributed by atoms with Crippen molar-refractivity contribution in [2.24, 2.45) is 4.99 Å². The number of aliphatic imine (C=N–C) groups is 1. The van der Waals surface area contributed by atoms with Crippen molar-refractivity contribution in [3.8, 4) is 0 Å². The lowest BCUT2D eigenvalue weighted by Gasteiger charge is -2.17. The molecule has 2 rings (SSSR count). The molecule has 0 atom stereocenters. The van der Waals surface area contributed by atoms with E-state index in [0.717, 1.165) is 23.8 Å². The molecule has 1 heterocycles. The van der Waals surface area contributed by atoms with Crippen LogP contribution in [0.25, 0.3) is 0 Å².